The molecule has 2 N–H and O–H groups in total. The molecular weight excluding hydrogens is 294 g/mol. The zero-order chi connectivity index (χ0) is 15.2. The van der Waals surface area contributed by atoms with E-state index in [1.165, 1.54) is 18.7 Å². The molecule has 8 nitrogen and oxygen atoms in total. The Labute approximate surface area is 127 Å². The van der Waals surface area contributed by atoms with Crippen LogP contribution in [0.2, 0.25) is 0 Å². The van der Waals surface area contributed by atoms with Crippen LogP contribution in [0.1, 0.15) is 25.6 Å². The van der Waals surface area contributed by atoms with Gasteiger partial charge in [-0.15, -0.1) is 10.2 Å². The van der Waals surface area contributed by atoms with Crippen molar-refractivity contribution >= 4 is 23.6 Å². The van der Waals surface area contributed by atoms with Crippen molar-refractivity contribution in [1.82, 2.24) is 25.6 Å². The van der Waals surface area contributed by atoms with Crippen LogP contribution in [0.15, 0.2) is 5.16 Å². The molecule has 116 valence electrons. The van der Waals surface area contributed by atoms with Gasteiger partial charge in [0.15, 0.2) is 5.16 Å². The van der Waals surface area contributed by atoms with Gasteiger partial charge < -0.3 is 9.30 Å². The Bertz CT molecular complexity index is 513. The maximum atomic E-state index is 11.6. The molecule has 2 heterocycles. The van der Waals surface area contributed by atoms with Crippen molar-refractivity contribution in [3.05, 3.63) is 5.82 Å². The van der Waals surface area contributed by atoms with E-state index in [-0.39, 0.29) is 23.7 Å². The lowest BCUT2D eigenvalue weighted by Gasteiger charge is -2.13. The van der Waals surface area contributed by atoms with Gasteiger partial charge >= 0.3 is 0 Å². The molecule has 0 saturated carbocycles. The number of hydrazine groups is 1. The fraction of sp³-hybridized carbons (Fsp3) is 0.667. The Morgan fingerprint density at radius 1 is 1.43 bits per heavy atom. The van der Waals surface area contributed by atoms with E-state index in [1.54, 1.807) is 0 Å². The van der Waals surface area contributed by atoms with Crippen LogP contribution in [-0.4, -0.2) is 45.0 Å². The predicted octanol–water partition coefficient (Wildman–Crippen LogP) is 0.0249. The molecule has 1 aromatic rings. The molecule has 2 amide bonds. The van der Waals surface area contributed by atoms with Crippen molar-refractivity contribution in [3.8, 4) is 0 Å². The van der Waals surface area contributed by atoms with Gasteiger partial charge in [-0.1, -0.05) is 11.8 Å². The summed E-state index contributed by atoms with van der Waals surface area (Å²) in [6.45, 7) is 4.71. The standard InChI is InChI=1S/C12H19N5O3S/c1-8-13-16-12(17(8)6-10-4-3-5-20-10)21-7-11(19)15-14-9(2)18/h10H,3-7H2,1-2H3,(H,14,18)(H,15,19)/t10-/m0/s1. The zero-order valence-corrected chi connectivity index (χ0v) is 12.9. The number of nitrogens with zero attached hydrogens (tertiary/aromatic N) is 3. The summed E-state index contributed by atoms with van der Waals surface area (Å²) in [4.78, 5) is 22.3. The van der Waals surface area contributed by atoms with Crippen LogP contribution in [0.25, 0.3) is 0 Å². The van der Waals surface area contributed by atoms with Gasteiger partial charge in [-0.2, -0.15) is 0 Å². The van der Waals surface area contributed by atoms with Gasteiger partial charge in [-0.05, 0) is 19.8 Å². The number of carbonyl (C=O) groups is 2. The van der Waals surface area contributed by atoms with E-state index in [9.17, 15) is 9.59 Å². The maximum absolute atomic E-state index is 11.6. The first kappa shape index (κ1) is 15.8. The lowest BCUT2D eigenvalue weighted by molar-refractivity contribution is -0.126. The van der Waals surface area contributed by atoms with Crippen LogP contribution >= 0.6 is 11.8 Å². The van der Waals surface area contributed by atoms with E-state index in [1.807, 2.05) is 11.5 Å². The number of rotatable bonds is 5. The van der Waals surface area contributed by atoms with Crippen LogP contribution < -0.4 is 10.9 Å². The molecule has 0 aromatic carbocycles. The number of aryl methyl sites for hydroxylation is 1. The summed E-state index contributed by atoms with van der Waals surface area (Å²) in [5.74, 6) is 0.352. The van der Waals surface area contributed by atoms with Gasteiger partial charge in [0.2, 0.25) is 11.8 Å². The number of hydrogen-bond donors (Lipinski definition) is 2. The topological polar surface area (TPSA) is 98.1 Å². The molecule has 0 unspecified atom stereocenters. The monoisotopic (exact) mass is 313 g/mol. The highest BCUT2D eigenvalue weighted by Gasteiger charge is 2.20. The number of thioether (sulfide) groups is 1. The number of aromatic nitrogens is 3. The van der Waals surface area contributed by atoms with Crippen LogP contribution in [0.5, 0.6) is 0 Å². The fourth-order valence-electron chi connectivity index (χ4n) is 1.99. The van der Waals surface area contributed by atoms with E-state index in [0.717, 1.165) is 25.3 Å². The zero-order valence-electron chi connectivity index (χ0n) is 12.1. The number of ether oxygens (including phenoxy) is 1. The second-order valence-electron chi connectivity index (χ2n) is 4.79. The molecular formula is C12H19N5O3S. The third-order valence-corrected chi connectivity index (χ3v) is 3.99. The Morgan fingerprint density at radius 3 is 2.90 bits per heavy atom. The lowest BCUT2D eigenvalue weighted by Crippen LogP contribution is -2.41. The Kier molecular flexibility index (Phi) is 5.57. The SMILES string of the molecule is CC(=O)NNC(=O)CSc1nnc(C)n1C[C@@H]1CCCO1. The summed E-state index contributed by atoms with van der Waals surface area (Å²) in [5.41, 5.74) is 4.56. The van der Waals surface area contributed by atoms with Crippen LogP contribution in [0.3, 0.4) is 0 Å². The van der Waals surface area contributed by atoms with Crippen molar-refractivity contribution in [1.29, 1.82) is 0 Å². The Hall–Kier alpha value is -1.61. The Morgan fingerprint density at radius 2 is 2.24 bits per heavy atom. The van der Waals surface area contributed by atoms with Crippen LogP contribution in [0.4, 0.5) is 0 Å². The van der Waals surface area contributed by atoms with Gasteiger partial charge in [0.05, 0.1) is 18.4 Å². The minimum atomic E-state index is -0.314. The summed E-state index contributed by atoms with van der Waals surface area (Å²) in [5, 5.41) is 8.81. The lowest BCUT2D eigenvalue weighted by atomic mass is 10.2. The molecule has 9 heteroatoms. The van der Waals surface area contributed by atoms with E-state index >= 15 is 0 Å². The van der Waals surface area contributed by atoms with E-state index < -0.39 is 0 Å². The number of nitrogens with one attached hydrogen (secondary N) is 2. The molecule has 21 heavy (non-hydrogen) atoms. The third kappa shape index (κ3) is 4.71. The molecule has 1 saturated heterocycles. The molecule has 1 aliphatic rings. The van der Waals surface area contributed by atoms with Gasteiger partial charge in [0, 0.05) is 13.5 Å². The molecule has 0 aliphatic carbocycles. The summed E-state index contributed by atoms with van der Waals surface area (Å²) >= 11 is 1.28. The largest absolute Gasteiger partial charge is 0.376 e. The predicted molar refractivity (Wildman–Crippen MR) is 76.4 cm³/mol. The van der Waals surface area contributed by atoms with Gasteiger partial charge in [0.25, 0.3) is 0 Å². The highest BCUT2D eigenvalue weighted by molar-refractivity contribution is 7.99. The van der Waals surface area contributed by atoms with Gasteiger partial charge in [0.1, 0.15) is 5.82 Å². The van der Waals surface area contributed by atoms with Crippen molar-refractivity contribution in [3.63, 3.8) is 0 Å². The van der Waals surface area contributed by atoms with Crippen molar-refractivity contribution < 1.29 is 14.3 Å². The first-order valence-electron chi connectivity index (χ1n) is 6.76. The Balaban J connectivity index is 1.87. The van der Waals surface area contributed by atoms with E-state index in [0.29, 0.717) is 11.7 Å². The molecule has 0 radical (unpaired) electrons. The molecule has 1 aromatic heterocycles. The van der Waals surface area contributed by atoms with Crippen LogP contribution in [0, 0.1) is 6.92 Å². The fourth-order valence-corrected chi connectivity index (χ4v) is 2.79. The van der Waals surface area contributed by atoms with E-state index in [2.05, 4.69) is 21.0 Å². The van der Waals surface area contributed by atoms with Crippen molar-refractivity contribution in [2.75, 3.05) is 12.4 Å². The third-order valence-electron chi connectivity index (χ3n) is 3.02. The van der Waals surface area contributed by atoms with Crippen molar-refractivity contribution in [2.24, 2.45) is 0 Å². The number of amides is 2. The second-order valence-corrected chi connectivity index (χ2v) is 5.74. The summed E-state index contributed by atoms with van der Waals surface area (Å²) in [6, 6.07) is 0. The highest BCUT2D eigenvalue weighted by atomic mass is 32.2. The highest BCUT2D eigenvalue weighted by Crippen LogP contribution is 2.20. The molecule has 1 atom stereocenters. The summed E-state index contributed by atoms with van der Waals surface area (Å²) < 4.78 is 7.58. The normalized spacial score (nSPS) is 17.7. The summed E-state index contributed by atoms with van der Waals surface area (Å²) in [7, 11) is 0. The molecule has 2 rings (SSSR count). The molecule has 0 bridgehead atoms. The first-order chi connectivity index (χ1) is 10.1. The quantitative estimate of drug-likeness (QED) is 0.588. The van der Waals surface area contributed by atoms with Gasteiger partial charge in [-0.3, -0.25) is 20.4 Å². The van der Waals surface area contributed by atoms with Crippen LogP contribution in [-0.2, 0) is 20.9 Å². The van der Waals surface area contributed by atoms with Crippen molar-refractivity contribution in [2.45, 2.75) is 44.5 Å². The number of carbonyl (C=O) groups excluding carboxylic acids is 2. The number of hydrogen-bond acceptors (Lipinski definition) is 6. The first-order valence-corrected chi connectivity index (χ1v) is 7.74. The second kappa shape index (κ2) is 7.41. The smallest absolute Gasteiger partial charge is 0.248 e. The molecule has 0 spiro atoms. The average molecular weight is 313 g/mol. The minimum Gasteiger partial charge on any atom is -0.376 e. The summed E-state index contributed by atoms with van der Waals surface area (Å²) in [6.07, 6.45) is 2.30. The van der Waals surface area contributed by atoms with E-state index in [4.69, 9.17) is 4.74 Å². The van der Waals surface area contributed by atoms with Gasteiger partial charge in [-0.25, -0.2) is 0 Å². The molecule has 1 aliphatic heterocycles. The average Bonchev–Trinajstić information content (AvgIpc) is 3.06. The molecule has 1 fully saturated rings. The maximum Gasteiger partial charge on any atom is 0.248 e. The minimum absolute atomic E-state index is 0.157.